The largest absolute Gasteiger partial charge is 0.493 e. The molecule has 7 nitrogen and oxygen atoms in total. The Kier molecular flexibility index (Phi) is 8.15. The van der Waals surface area contributed by atoms with Crippen molar-refractivity contribution >= 4 is 29.5 Å². The highest BCUT2D eigenvalue weighted by Crippen LogP contribution is 2.37. The lowest BCUT2D eigenvalue weighted by Gasteiger charge is -2.16. The Bertz CT molecular complexity index is 862. The molecule has 0 unspecified atom stereocenters. The summed E-state index contributed by atoms with van der Waals surface area (Å²) < 4.78 is 16.2. The Balaban J connectivity index is 1.96. The Morgan fingerprint density at radius 2 is 2.10 bits per heavy atom. The molecule has 0 bridgehead atoms. The second-order valence-corrected chi connectivity index (χ2v) is 6.99. The highest BCUT2D eigenvalue weighted by molar-refractivity contribution is 6.32. The minimum absolute atomic E-state index is 0.0584. The van der Waals surface area contributed by atoms with Crippen molar-refractivity contribution in [3.8, 4) is 11.5 Å². The standard InChI is InChI=1S/C21H25ClN2O5/c1-14(2)29-21-17(22)10-15(11-18(21)27-4)7-8-20(26)24(3)13-19(25)23-12-16-6-5-9-28-16/h5-11,14H,12-13H2,1-4H3,(H,23,25). The lowest BCUT2D eigenvalue weighted by atomic mass is 10.1. The predicted molar refractivity (Wildman–Crippen MR) is 111 cm³/mol. The van der Waals surface area contributed by atoms with Crippen molar-refractivity contribution in [1.82, 2.24) is 10.2 Å². The van der Waals surface area contributed by atoms with E-state index < -0.39 is 0 Å². The van der Waals surface area contributed by atoms with Gasteiger partial charge in [0.05, 0.1) is 37.6 Å². The van der Waals surface area contributed by atoms with Crippen LogP contribution in [-0.2, 0) is 16.1 Å². The topological polar surface area (TPSA) is 81.0 Å². The first-order valence-electron chi connectivity index (χ1n) is 9.06. The summed E-state index contributed by atoms with van der Waals surface area (Å²) in [6.07, 6.45) is 4.45. The molecule has 156 valence electrons. The number of hydrogen-bond donors (Lipinski definition) is 1. The number of carbonyl (C=O) groups is 2. The molecule has 0 saturated carbocycles. The third kappa shape index (κ3) is 6.87. The SMILES string of the molecule is COc1cc(C=CC(=O)N(C)CC(=O)NCc2ccco2)cc(Cl)c1OC(C)C. The molecule has 2 rings (SSSR count). The number of amides is 2. The normalized spacial score (nSPS) is 11.0. The first-order chi connectivity index (χ1) is 13.8. The molecule has 1 aromatic heterocycles. The summed E-state index contributed by atoms with van der Waals surface area (Å²) in [6.45, 7) is 3.98. The number of methoxy groups -OCH3 is 1. The van der Waals surface area contributed by atoms with Gasteiger partial charge in [-0.3, -0.25) is 9.59 Å². The first-order valence-corrected chi connectivity index (χ1v) is 9.44. The zero-order valence-corrected chi connectivity index (χ0v) is 17.7. The number of benzene rings is 1. The maximum Gasteiger partial charge on any atom is 0.246 e. The monoisotopic (exact) mass is 420 g/mol. The third-order valence-corrected chi connectivity index (χ3v) is 4.10. The van der Waals surface area contributed by atoms with E-state index >= 15 is 0 Å². The minimum Gasteiger partial charge on any atom is -0.493 e. The Morgan fingerprint density at radius 1 is 1.34 bits per heavy atom. The van der Waals surface area contributed by atoms with Crippen molar-refractivity contribution < 1.29 is 23.5 Å². The Hall–Kier alpha value is -2.93. The van der Waals surface area contributed by atoms with Crippen LogP contribution in [0.4, 0.5) is 0 Å². The van der Waals surface area contributed by atoms with Gasteiger partial charge in [0.15, 0.2) is 11.5 Å². The smallest absolute Gasteiger partial charge is 0.246 e. The zero-order valence-electron chi connectivity index (χ0n) is 16.9. The molecule has 0 aliphatic rings. The molecule has 0 atom stereocenters. The molecule has 0 aliphatic heterocycles. The number of hydrogen-bond acceptors (Lipinski definition) is 5. The van der Waals surface area contributed by atoms with Crippen LogP contribution in [0.5, 0.6) is 11.5 Å². The third-order valence-electron chi connectivity index (χ3n) is 3.82. The van der Waals surface area contributed by atoms with Gasteiger partial charge in [-0.2, -0.15) is 0 Å². The van der Waals surface area contributed by atoms with Gasteiger partial charge in [-0.25, -0.2) is 0 Å². The van der Waals surface area contributed by atoms with Gasteiger partial charge >= 0.3 is 0 Å². The van der Waals surface area contributed by atoms with Gasteiger partial charge in [-0.15, -0.1) is 0 Å². The molecule has 0 saturated heterocycles. The van der Waals surface area contributed by atoms with Crippen LogP contribution in [0.25, 0.3) is 6.08 Å². The second-order valence-electron chi connectivity index (χ2n) is 6.58. The summed E-state index contributed by atoms with van der Waals surface area (Å²) in [5.41, 5.74) is 0.673. The molecular weight excluding hydrogens is 396 g/mol. The van der Waals surface area contributed by atoms with E-state index in [0.29, 0.717) is 27.8 Å². The van der Waals surface area contributed by atoms with Crippen molar-refractivity contribution in [2.45, 2.75) is 26.5 Å². The molecule has 1 heterocycles. The molecule has 8 heteroatoms. The maximum atomic E-state index is 12.3. The van der Waals surface area contributed by atoms with E-state index in [1.165, 1.54) is 24.3 Å². The summed E-state index contributed by atoms with van der Waals surface area (Å²) in [5, 5.41) is 3.08. The van der Waals surface area contributed by atoms with Crippen LogP contribution >= 0.6 is 11.6 Å². The van der Waals surface area contributed by atoms with E-state index in [-0.39, 0.29) is 31.0 Å². The summed E-state index contributed by atoms with van der Waals surface area (Å²) in [6, 6.07) is 6.91. The summed E-state index contributed by atoms with van der Waals surface area (Å²) in [5.74, 6) is 0.964. The van der Waals surface area contributed by atoms with Gasteiger partial charge in [-0.05, 0) is 49.8 Å². The average molecular weight is 421 g/mol. The molecule has 29 heavy (non-hydrogen) atoms. The van der Waals surface area contributed by atoms with Crippen LogP contribution in [0.2, 0.25) is 5.02 Å². The summed E-state index contributed by atoms with van der Waals surface area (Å²) in [7, 11) is 3.07. The lowest BCUT2D eigenvalue weighted by Crippen LogP contribution is -2.37. The number of rotatable bonds is 9. The van der Waals surface area contributed by atoms with Crippen molar-refractivity contribution in [2.75, 3.05) is 20.7 Å². The Morgan fingerprint density at radius 3 is 2.72 bits per heavy atom. The number of nitrogens with one attached hydrogen (secondary N) is 1. The van der Waals surface area contributed by atoms with Gasteiger partial charge < -0.3 is 24.1 Å². The highest BCUT2D eigenvalue weighted by atomic mass is 35.5. The highest BCUT2D eigenvalue weighted by Gasteiger charge is 2.14. The molecule has 0 fully saturated rings. The Labute approximate surface area is 175 Å². The van der Waals surface area contributed by atoms with Crippen LogP contribution in [0.15, 0.2) is 41.0 Å². The van der Waals surface area contributed by atoms with Gasteiger partial charge in [0.25, 0.3) is 0 Å². The van der Waals surface area contributed by atoms with Crippen molar-refractivity contribution in [3.63, 3.8) is 0 Å². The van der Waals surface area contributed by atoms with E-state index in [1.807, 2.05) is 13.8 Å². The number of halogens is 1. The molecule has 2 amide bonds. The lowest BCUT2D eigenvalue weighted by molar-refractivity contribution is -0.131. The van der Waals surface area contributed by atoms with E-state index in [9.17, 15) is 9.59 Å². The quantitative estimate of drug-likeness (QED) is 0.628. The van der Waals surface area contributed by atoms with Crippen LogP contribution < -0.4 is 14.8 Å². The number of carbonyl (C=O) groups excluding carboxylic acids is 2. The number of ether oxygens (including phenoxy) is 2. The van der Waals surface area contributed by atoms with E-state index in [2.05, 4.69) is 5.32 Å². The summed E-state index contributed by atoms with van der Waals surface area (Å²) in [4.78, 5) is 25.6. The molecule has 2 aromatic rings. The first kappa shape index (κ1) is 22.4. The predicted octanol–water partition coefficient (Wildman–Crippen LogP) is 3.52. The van der Waals surface area contributed by atoms with Crippen LogP contribution in [0.1, 0.15) is 25.2 Å². The average Bonchev–Trinajstić information content (AvgIpc) is 3.19. The number of nitrogens with zero attached hydrogens (tertiary/aromatic N) is 1. The molecule has 1 aromatic carbocycles. The van der Waals surface area contributed by atoms with Gasteiger partial charge in [0.2, 0.25) is 11.8 Å². The van der Waals surface area contributed by atoms with Crippen LogP contribution in [0, 0.1) is 0 Å². The fourth-order valence-electron chi connectivity index (χ4n) is 2.43. The maximum absolute atomic E-state index is 12.3. The number of likely N-dealkylation sites (N-methyl/N-ethyl adjacent to an activating group) is 1. The van der Waals surface area contributed by atoms with Crippen molar-refractivity contribution in [3.05, 3.63) is 53.0 Å². The van der Waals surface area contributed by atoms with E-state index in [4.69, 9.17) is 25.5 Å². The van der Waals surface area contributed by atoms with Crippen molar-refractivity contribution in [1.29, 1.82) is 0 Å². The minimum atomic E-state index is -0.323. The van der Waals surface area contributed by atoms with Gasteiger partial charge in [0.1, 0.15) is 5.76 Å². The fourth-order valence-corrected chi connectivity index (χ4v) is 2.69. The second kappa shape index (κ2) is 10.6. The van der Waals surface area contributed by atoms with Crippen LogP contribution in [-0.4, -0.2) is 43.5 Å². The molecule has 0 radical (unpaired) electrons. The zero-order chi connectivity index (χ0) is 21.4. The summed E-state index contributed by atoms with van der Waals surface area (Å²) >= 11 is 6.29. The van der Waals surface area contributed by atoms with E-state index in [1.54, 1.807) is 37.4 Å². The van der Waals surface area contributed by atoms with E-state index in [0.717, 1.165) is 0 Å². The molecule has 0 spiro atoms. The molecule has 0 aliphatic carbocycles. The van der Waals surface area contributed by atoms with Crippen molar-refractivity contribution in [2.24, 2.45) is 0 Å². The molecular formula is C21H25ClN2O5. The number of furan rings is 1. The fraction of sp³-hybridized carbons (Fsp3) is 0.333. The van der Waals surface area contributed by atoms with Gasteiger partial charge in [-0.1, -0.05) is 11.6 Å². The van der Waals surface area contributed by atoms with Gasteiger partial charge in [0, 0.05) is 13.1 Å². The van der Waals surface area contributed by atoms with Crippen LogP contribution in [0.3, 0.4) is 0 Å². The molecule has 1 N–H and O–H groups in total.